The Balaban J connectivity index is 1.28. The van der Waals surface area contributed by atoms with Gasteiger partial charge in [0.25, 0.3) is 0 Å². The third-order valence-corrected chi connectivity index (χ3v) is 11.1. The SMILES string of the molecule is SCCCCCCCNc1ccc(-c2c3nc(c(-c4ccccc4)c4ccc([nH]4)c(-c4ccccc4)c4nc(c(-c5ccccc5)c5ccc2[nH]5)C=C4)C=C3)cc1. The number of fused-ring (bicyclic) bond motifs is 8. The molecule has 3 aromatic heterocycles. The maximum atomic E-state index is 5.44. The Morgan fingerprint density at radius 3 is 1.12 bits per heavy atom. The minimum atomic E-state index is 0.902. The number of anilines is 1. The number of aromatic amines is 2. The molecule has 0 saturated carbocycles. The van der Waals surface area contributed by atoms with Crippen molar-refractivity contribution in [3.63, 3.8) is 0 Å². The second-order valence-corrected chi connectivity index (χ2v) is 15.0. The van der Waals surface area contributed by atoms with Gasteiger partial charge in [-0.3, -0.25) is 0 Å². The van der Waals surface area contributed by atoms with E-state index in [4.69, 9.17) is 9.97 Å². The summed E-state index contributed by atoms with van der Waals surface area (Å²) in [5, 5.41) is 3.64. The fourth-order valence-electron chi connectivity index (χ4n) is 7.99. The maximum absolute atomic E-state index is 5.44. The van der Waals surface area contributed by atoms with Crippen LogP contribution in [-0.2, 0) is 0 Å². The van der Waals surface area contributed by atoms with E-state index in [0.717, 1.165) is 114 Å². The molecule has 6 heteroatoms. The fourth-order valence-corrected chi connectivity index (χ4v) is 8.21. The molecule has 5 nitrogen and oxygen atoms in total. The Bertz CT molecular complexity index is 2690. The van der Waals surface area contributed by atoms with E-state index in [1.807, 2.05) is 0 Å². The Kier molecular flexibility index (Phi) is 10.7. The van der Waals surface area contributed by atoms with Crippen molar-refractivity contribution in [3.05, 3.63) is 162 Å². The monoisotopic (exact) mass is 759 g/mol. The lowest BCUT2D eigenvalue weighted by atomic mass is 10.0. The van der Waals surface area contributed by atoms with Gasteiger partial charge in [-0.15, -0.1) is 0 Å². The van der Waals surface area contributed by atoms with Gasteiger partial charge in [0.1, 0.15) is 0 Å². The Labute approximate surface area is 339 Å². The van der Waals surface area contributed by atoms with Crippen LogP contribution in [0.4, 0.5) is 5.69 Å². The van der Waals surface area contributed by atoms with Gasteiger partial charge in [0.05, 0.1) is 22.8 Å². The van der Waals surface area contributed by atoms with E-state index in [9.17, 15) is 0 Å². The van der Waals surface area contributed by atoms with E-state index in [1.165, 1.54) is 25.7 Å². The van der Waals surface area contributed by atoms with Crippen LogP contribution >= 0.6 is 12.6 Å². The van der Waals surface area contributed by atoms with Crippen molar-refractivity contribution in [2.75, 3.05) is 17.6 Å². The van der Waals surface area contributed by atoms with Gasteiger partial charge in [0.15, 0.2) is 0 Å². The Hall–Kier alpha value is -6.37. The van der Waals surface area contributed by atoms with Gasteiger partial charge >= 0.3 is 0 Å². The number of rotatable bonds is 12. The zero-order valence-corrected chi connectivity index (χ0v) is 32.8. The molecule has 57 heavy (non-hydrogen) atoms. The third-order valence-electron chi connectivity index (χ3n) is 10.8. The van der Waals surface area contributed by atoms with Crippen molar-refractivity contribution in [3.8, 4) is 44.5 Å². The number of aromatic nitrogens is 4. The van der Waals surface area contributed by atoms with E-state index in [-0.39, 0.29) is 0 Å². The predicted molar refractivity (Wildman–Crippen MR) is 246 cm³/mol. The van der Waals surface area contributed by atoms with Crippen LogP contribution in [-0.4, -0.2) is 32.2 Å². The summed E-state index contributed by atoms with van der Waals surface area (Å²) >= 11 is 4.35. The summed E-state index contributed by atoms with van der Waals surface area (Å²) in [5.74, 6) is 0.975. The molecule has 280 valence electrons. The number of unbranched alkanes of at least 4 members (excludes halogenated alkanes) is 4. The van der Waals surface area contributed by atoms with E-state index in [0.29, 0.717) is 0 Å². The fraction of sp³-hybridized carbons (Fsp3) is 0.137. The lowest BCUT2D eigenvalue weighted by Crippen LogP contribution is -2.01. The molecule has 5 heterocycles. The molecule has 3 N–H and O–H groups in total. The molecule has 2 aliphatic rings. The van der Waals surface area contributed by atoms with E-state index in [2.05, 4.69) is 192 Å². The molecule has 7 aromatic rings. The Morgan fingerprint density at radius 2 is 0.737 bits per heavy atom. The number of H-pyrrole nitrogens is 2. The average Bonchev–Trinajstić information content (AvgIpc) is 4.11. The van der Waals surface area contributed by atoms with Gasteiger partial charge in [-0.1, -0.05) is 122 Å². The number of hydrogen-bond acceptors (Lipinski definition) is 4. The molecule has 2 aliphatic heterocycles. The lowest BCUT2D eigenvalue weighted by Gasteiger charge is -2.09. The standard InChI is InChI=1S/C51H45N5S/c57-34-14-3-1-2-13-33-52-39-23-21-38(22-24-39)51-46-31-29-44(55-46)49(36-17-9-5-10-18-36)42-27-25-40(53-42)48(35-15-7-4-8-16-35)41-26-28-43(54-41)50(37-19-11-6-12-20-37)45-30-32-47(51)56-45/h4-12,15-32,52-53,56-57H,1-3,13-14,33-34H2. The van der Waals surface area contributed by atoms with E-state index < -0.39 is 0 Å². The van der Waals surface area contributed by atoms with Gasteiger partial charge in [-0.2, -0.15) is 12.6 Å². The van der Waals surface area contributed by atoms with E-state index >= 15 is 0 Å². The Morgan fingerprint density at radius 1 is 0.386 bits per heavy atom. The highest BCUT2D eigenvalue weighted by molar-refractivity contribution is 7.80. The summed E-state index contributed by atoms with van der Waals surface area (Å²) in [5.41, 5.74) is 17.2. The van der Waals surface area contributed by atoms with Gasteiger partial charge in [-0.25, -0.2) is 9.97 Å². The van der Waals surface area contributed by atoms with Crippen LogP contribution in [0.1, 0.15) is 54.9 Å². The van der Waals surface area contributed by atoms with Crippen molar-refractivity contribution in [2.45, 2.75) is 32.1 Å². The normalized spacial score (nSPS) is 11.9. The number of nitrogens with zero attached hydrogens (tertiary/aromatic N) is 2. The zero-order chi connectivity index (χ0) is 38.4. The van der Waals surface area contributed by atoms with Gasteiger partial charge < -0.3 is 15.3 Å². The summed E-state index contributed by atoms with van der Waals surface area (Å²) in [6, 6.07) is 49.2. The van der Waals surface area contributed by atoms with Crippen LogP contribution in [0, 0.1) is 0 Å². The van der Waals surface area contributed by atoms with Gasteiger partial charge in [0.2, 0.25) is 0 Å². The lowest BCUT2D eigenvalue weighted by molar-refractivity contribution is 0.648. The summed E-state index contributed by atoms with van der Waals surface area (Å²) in [6.45, 7) is 0.962. The second kappa shape index (κ2) is 16.8. The summed E-state index contributed by atoms with van der Waals surface area (Å²) in [6.07, 6.45) is 14.7. The average molecular weight is 760 g/mol. The molecule has 0 amide bonds. The minimum absolute atomic E-state index is 0.902. The topological polar surface area (TPSA) is 69.4 Å². The highest BCUT2D eigenvalue weighted by Gasteiger charge is 2.19. The molecule has 0 radical (unpaired) electrons. The first-order valence-electron chi connectivity index (χ1n) is 20.0. The van der Waals surface area contributed by atoms with Crippen molar-refractivity contribution in [1.29, 1.82) is 0 Å². The smallest absolute Gasteiger partial charge is 0.0737 e. The first-order chi connectivity index (χ1) is 28.2. The first-order valence-corrected chi connectivity index (χ1v) is 20.6. The second-order valence-electron chi connectivity index (χ2n) is 14.6. The molecular formula is C51H45N5S. The van der Waals surface area contributed by atoms with Crippen LogP contribution in [0.3, 0.4) is 0 Å². The molecule has 8 bridgehead atoms. The maximum Gasteiger partial charge on any atom is 0.0737 e. The highest BCUT2D eigenvalue weighted by Crippen LogP contribution is 2.38. The van der Waals surface area contributed by atoms with E-state index in [1.54, 1.807) is 0 Å². The quantitative estimate of drug-likeness (QED) is 0.0740. The molecule has 0 fully saturated rings. The first kappa shape index (κ1) is 36.3. The van der Waals surface area contributed by atoms with Crippen molar-refractivity contribution < 1.29 is 0 Å². The number of hydrogen-bond donors (Lipinski definition) is 4. The summed E-state index contributed by atoms with van der Waals surface area (Å²) < 4.78 is 0. The molecule has 0 spiro atoms. The summed E-state index contributed by atoms with van der Waals surface area (Å²) in [7, 11) is 0. The van der Waals surface area contributed by atoms with Crippen molar-refractivity contribution in [2.24, 2.45) is 0 Å². The van der Waals surface area contributed by atoms with Crippen LogP contribution in [0.25, 0.3) is 90.9 Å². The van der Waals surface area contributed by atoms with Crippen LogP contribution < -0.4 is 5.32 Å². The van der Waals surface area contributed by atoms with Gasteiger partial charge in [0, 0.05) is 56.6 Å². The molecule has 0 unspecified atom stereocenters. The zero-order valence-electron chi connectivity index (χ0n) is 31.9. The molecule has 0 aliphatic carbocycles. The predicted octanol–water partition coefficient (Wildman–Crippen LogP) is 13.6. The van der Waals surface area contributed by atoms with Crippen molar-refractivity contribution in [1.82, 2.24) is 19.9 Å². The van der Waals surface area contributed by atoms with Crippen LogP contribution in [0.15, 0.2) is 140 Å². The summed E-state index contributed by atoms with van der Waals surface area (Å²) in [4.78, 5) is 18.5. The molecule has 4 aromatic carbocycles. The number of nitrogens with one attached hydrogen (secondary N) is 3. The number of thiol groups is 1. The van der Waals surface area contributed by atoms with Crippen LogP contribution in [0.2, 0.25) is 0 Å². The molecule has 0 saturated heterocycles. The molecule has 9 rings (SSSR count). The van der Waals surface area contributed by atoms with Crippen LogP contribution in [0.5, 0.6) is 0 Å². The van der Waals surface area contributed by atoms with Gasteiger partial charge in [-0.05, 0) is 102 Å². The molecule has 0 atom stereocenters. The highest BCUT2D eigenvalue weighted by atomic mass is 32.1. The third kappa shape index (κ3) is 7.74. The minimum Gasteiger partial charge on any atom is -0.385 e. The molecular weight excluding hydrogens is 715 g/mol. The number of benzene rings is 4. The largest absolute Gasteiger partial charge is 0.385 e. The van der Waals surface area contributed by atoms with Crippen molar-refractivity contribution >= 4 is 64.7 Å².